The van der Waals surface area contributed by atoms with E-state index in [9.17, 15) is 0 Å². The normalized spacial score (nSPS) is 28.7. The van der Waals surface area contributed by atoms with E-state index in [1.807, 2.05) is 13.0 Å². The lowest BCUT2D eigenvalue weighted by Crippen LogP contribution is -2.30. The highest BCUT2D eigenvalue weighted by molar-refractivity contribution is 5.60. The molecule has 2 bridgehead atoms. The predicted molar refractivity (Wildman–Crippen MR) is 87.8 cm³/mol. The average Bonchev–Trinajstić information content (AvgIpc) is 3.08. The number of methoxy groups -OCH3 is 1. The van der Waals surface area contributed by atoms with Crippen LogP contribution in [0.5, 0.6) is 5.75 Å². The number of rotatable bonds is 5. The number of hydrogen-bond acceptors (Lipinski definition) is 3. The Morgan fingerprint density at radius 1 is 1.33 bits per heavy atom. The molecule has 2 saturated carbocycles. The van der Waals surface area contributed by atoms with Gasteiger partial charge in [-0.05, 0) is 56.1 Å². The van der Waals surface area contributed by atoms with Crippen molar-refractivity contribution < 1.29 is 4.74 Å². The van der Waals surface area contributed by atoms with Crippen LogP contribution in [0.3, 0.4) is 0 Å². The van der Waals surface area contributed by atoms with Crippen LogP contribution in [0, 0.1) is 17.8 Å². The number of nitrogens with two attached hydrogens (primary N) is 1. The lowest BCUT2D eigenvalue weighted by atomic mass is 9.88. The summed E-state index contributed by atoms with van der Waals surface area (Å²) in [5.74, 6) is 3.73. The van der Waals surface area contributed by atoms with Gasteiger partial charge in [0.2, 0.25) is 0 Å². The van der Waals surface area contributed by atoms with Crippen molar-refractivity contribution in [3.05, 3.63) is 23.8 Å². The highest BCUT2D eigenvalue weighted by Crippen LogP contribution is 2.48. The van der Waals surface area contributed by atoms with Crippen molar-refractivity contribution >= 4 is 5.69 Å². The SMILES string of the molecule is COc1cccc(N(C)CC2CC3CCC2C3)c1[C@@H](C)N. The summed E-state index contributed by atoms with van der Waals surface area (Å²) >= 11 is 0. The van der Waals surface area contributed by atoms with Crippen molar-refractivity contribution in [1.82, 2.24) is 0 Å². The number of benzene rings is 1. The third-order valence-corrected chi connectivity index (χ3v) is 5.52. The zero-order valence-electron chi connectivity index (χ0n) is 13.5. The Bertz CT molecular complexity index is 500. The molecule has 116 valence electrons. The van der Waals surface area contributed by atoms with Crippen molar-refractivity contribution in [3.8, 4) is 5.75 Å². The van der Waals surface area contributed by atoms with Gasteiger partial charge in [0.05, 0.1) is 7.11 Å². The van der Waals surface area contributed by atoms with E-state index in [1.54, 1.807) is 7.11 Å². The number of fused-ring (bicyclic) bond motifs is 2. The van der Waals surface area contributed by atoms with Gasteiger partial charge < -0.3 is 15.4 Å². The second kappa shape index (κ2) is 5.88. The molecular weight excluding hydrogens is 260 g/mol. The summed E-state index contributed by atoms with van der Waals surface area (Å²) in [7, 11) is 3.92. The molecule has 0 heterocycles. The fraction of sp³-hybridized carbons (Fsp3) is 0.667. The van der Waals surface area contributed by atoms with Gasteiger partial charge in [-0.2, -0.15) is 0 Å². The maximum Gasteiger partial charge on any atom is 0.125 e. The van der Waals surface area contributed by atoms with E-state index in [2.05, 4.69) is 24.1 Å². The van der Waals surface area contributed by atoms with Crippen LogP contribution in [0.1, 0.15) is 44.2 Å². The molecule has 0 radical (unpaired) electrons. The van der Waals surface area contributed by atoms with Crippen molar-refractivity contribution in [3.63, 3.8) is 0 Å². The molecule has 0 aliphatic heterocycles. The molecule has 2 N–H and O–H groups in total. The Kier molecular flexibility index (Phi) is 4.12. The van der Waals surface area contributed by atoms with Gasteiger partial charge in [-0.1, -0.05) is 12.5 Å². The fourth-order valence-corrected chi connectivity index (χ4v) is 4.55. The van der Waals surface area contributed by atoms with Crippen LogP contribution in [0.25, 0.3) is 0 Å². The maximum absolute atomic E-state index is 6.19. The van der Waals surface area contributed by atoms with Gasteiger partial charge in [-0.25, -0.2) is 0 Å². The first-order chi connectivity index (χ1) is 10.1. The van der Waals surface area contributed by atoms with Crippen molar-refractivity contribution in [2.24, 2.45) is 23.5 Å². The molecule has 1 aromatic carbocycles. The summed E-state index contributed by atoms with van der Waals surface area (Å²) < 4.78 is 5.51. The Balaban J connectivity index is 1.79. The second-order valence-electron chi connectivity index (χ2n) is 7.00. The molecule has 2 fully saturated rings. The average molecular weight is 288 g/mol. The van der Waals surface area contributed by atoms with E-state index in [0.717, 1.165) is 35.6 Å². The van der Waals surface area contributed by atoms with Gasteiger partial charge in [0.1, 0.15) is 5.75 Å². The molecule has 3 unspecified atom stereocenters. The molecule has 1 aromatic rings. The lowest BCUT2D eigenvalue weighted by Gasteiger charge is -2.31. The number of nitrogens with zero attached hydrogens (tertiary/aromatic N) is 1. The molecule has 2 aliphatic carbocycles. The molecule has 0 saturated heterocycles. The monoisotopic (exact) mass is 288 g/mol. The largest absolute Gasteiger partial charge is 0.496 e. The molecule has 0 aromatic heterocycles. The molecular formula is C18H28N2O. The first kappa shape index (κ1) is 14.7. The number of hydrogen-bond donors (Lipinski definition) is 1. The van der Waals surface area contributed by atoms with Crippen LogP contribution in [0.4, 0.5) is 5.69 Å². The Hall–Kier alpha value is -1.22. The first-order valence-corrected chi connectivity index (χ1v) is 8.23. The summed E-state index contributed by atoms with van der Waals surface area (Å²) in [6.07, 6.45) is 5.81. The van der Waals surface area contributed by atoms with E-state index >= 15 is 0 Å². The highest BCUT2D eigenvalue weighted by atomic mass is 16.5. The summed E-state index contributed by atoms with van der Waals surface area (Å²) in [6, 6.07) is 6.23. The third-order valence-electron chi connectivity index (χ3n) is 5.52. The van der Waals surface area contributed by atoms with Gasteiger partial charge >= 0.3 is 0 Å². The van der Waals surface area contributed by atoms with E-state index in [-0.39, 0.29) is 6.04 Å². The topological polar surface area (TPSA) is 38.5 Å². The minimum absolute atomic E-state index is 0.0152. The number of ether oxygens (including phenoxy) is 1. The molecule has 4 atom stereocenters. The van der Waals surface area contributed by atoms with E-state index < -0.39 is 0 Å². The minimum Gasteiger partial charge on any atom is -0.496 e. The molecule has 3 nitrogen and oxygen atoms in total. The van der Waals surface area contributed by atoms with Crippen molar-refractivity contribution in [1.29, 1.82) is 0 Å². The van der Waals surface area contributed by atoms with Crippen LogP contribution in [0.15, 0.2) is 18.2 Å². The van der Waals surface area contributed by atoms with Crippen LogP contribution in [0.2, 0.25) is 0 Å². The van der Waals surface area contributed by atoms with Crippen molar-refractivity contribution in [2.75, 3.05) is 25.6 Å². The van der Waals surface area contributed by atoms with E-state index in [1.165, 1.54) is 31.4 Å². The van der Waals surface area contributed by atoms with Gasteiger partial charge in [-0.3, -0.25) is 0 Å². The second-order valence-corrected chi connectivity index (χ2v) is 7.00. The van der Waals surface area contributed by atoms with Gasteiger partial charge in [0.25, 0.3) is 0 Å². The summed E-state index contributed by atoms with van der Waals surface area (Å²) in [5.41, 5.74) is 8.55. The molecule has 21 heavy (non-hydrogen) atoms. The van der Waals surface area contributed by atoms with E-state index in [0.29, 0.717) is 0 Å². The summed E-state index contributed by atoms with van der Waals surface area (Å²) in [4.78, 5) is 2.40. The van der Waals surface area contributed by atoms with Crippen LogP contribution < -0.4 is 15.4 Å². The third kappa shape index (κ3) is 2.76. The van der Waals surface area contributed by atoms with E-state index in [4.69, 9.17) is 10.5 Å². The highest BCUT2D eigenvalue weighted by Gasteiger charge is 2.39. The smallest absolute Gasteiger partial charge is 0.125 e. The molecule has 3 heteroatoms. The molecule has 0 amide bonds. The quantitative estimate of drug-likeness (QED) is 0.900. The zero-order valence-corrected chi connectivity index (χ0v) is 13.5. The van der Waals surface area contributed by atoms with Crippen LogP contribution in [-0.2, 0) is 0 Å². The van der Waals surface area contributed by atoms with Gasteiger partial charge in [-0.15, -0.1) is 0 Å². The number of anilines is 1. The maximum atomic E-state index is 6.19. The Labute approximate surface area is 128 Å². The minimum atomic E-state index is -0.0152. The first-order valence-electron chi connectivity index (χ1n) is 8.23. The predicted octanol–water partition coefficient (Wildman–Crippen LogP) is 3.59. The lowest BCUT2D eigenvalue weighted by molar-refractivity contribution is 0.337. The molecule has 0 spiro atoms. The van der Waals surface area contributed by atoms with Crippen LogP contribution in [-0.4, -0.2) is 20.7 Å². The van der Waals surface area contributed by atoms with Gasteiger partial charge in [0, 0.05) is 30.9 Å². The standard InChI is InChI=1S/C18H28N2O/c1-12(19)18-16(5-4-6-17(18)21-3)20(2)11-15-10-13-7-8-14(15)9-13/h4-6,12-15H,7-11,19H2,1-3H3/t12-,13?,14?,15?/m1/s1. The molecule has 2 aliphatic rings. The van der Waals surface area contributed by atoms with Gasteiger partial charge in [0.15, 0.2) is 0 Å². The summed E-state index contributed by atoms with van der Waals surface area (Å²) in [5, 5.41) is 0. The molecule has 3 rings (SSSR count). The van der Waals surface area contributed by atoms with Crippen molar-refractivity contribution in [2.45, 2.75) is 38.6 Å². The van der Waals surface area contributed by atoms with Crippen LogP contribution >= 0.6 is 0 Å². The summed E-state index contributed by atoms with van der Waals surface area (Å²) in [6.45, 7) is 3.18. The Morgan fingerprint density at radius 2 is 2.14 bits per heavy atom. The Morgan fingerprint density at radius 3 is 2.71 bits per heavy atom. The fourth-order valence-electron chi connectivity index (χ4n) is 4.55. The zero-order chi connectivity index (χ0) is 15.0.